The van der Waals surface area contributed by atoms with Crippen molar-refractivity contribution in [2.75, 3.05) is 11.9 Å². The molecular formula is C29H24Cl2N2O5. The number of hydrogen-bond acceptors (Lipinski definition) is 5. The number of rotatable bonds is 11. The summed E-state index contributed by atoms with van der Waals surface area (Å²) in [6, 6.07) is 16.6. The third-order valence-electron chi connectivity index (χ3n) is 5.28. The summed E-state index contributed by atoms with van der Waals surface area (Å²) in [5.41, 5.74) is 2.37. The van der Waals surface area contributed by atoms with Crippen LogP contribution in [0.5, 0.6) is 11.5 Å². The van der Waals surface area contributed by atoms with E-state index in [4.69, 9.17) is 37.8 Å². The highest BCUT2D eigenvalue weighted by molar-refractivity contribution is 6.44. The van der Waals surface area contributed by atoms with Crippen molar-refractivity contribution in [2.45, 2.75) is 20.0 Å². The molecule has 0 heterocycles. The molecule has 0 saturated carbocycles. The Labute approximate surface area is 230 Å². The molecule has 0 saturated heterocycles. The second kappa shape index (κ2) is 13.3. The molecule has 0 atom stereocenters. The Hall–Kier alpha value is -4.25. The van der Waals surface area contributed by atoms with E-state index in [-0.39, 0.29) is 33.5 Å². The summed E-state index contributed by atoms with van der Waals surface area (Å²) in [7, 11) is 0. The highest BCUT2D eigenvalue weighted by Crippen LogP contribution is 2.36. The zero-order valence-corrected chi connectivity index (χ0v) is 22.0. The second-order valence-electron chi connectivity index (χ2n) is 7.95. The number of nitrogens with zero attached hydrogens (tertiary/aromatic N) is 1. The fourth-order valence-electron chi connectivity index (χ4n) is 3.50. The number of aromatic carboxylic acids is 1. The standard InChI is InChI=1S/C29H24Cl2N2O5/c1-3-6-21-13-19(14-22(16-32)28(34)33-24-8-5-7-23(30)26(24)31)15-25(37-4-2)27(21)38-17-18-9-11-20(12-10-18)29(35)36/h3,5,7-15H,1,4,6,17H2,2H3,(H,33,34)(H,35,36)/b22-14-. The van der Waals surface area contributed by atoms with Gasteiger partial charge in [-0.1, -0.05) is 47.5 Å². The number of halogens is 2. The zero-order valence-electron chi connectivity index (χ0n) is 20.5. The first-order valence-corrected chi connectivity index (χ1v) is 12.3. The highest BCUT2D eigenvalue weighted by Gasteiger charge is 2.17. The van der Waals surface area contributed by atoms with Crippen molar-refractivity contribution >= 4 is 46.8 Å². The van der Waals surface area contributed by atoms with Gasteiger partial charge in [-0.2, -0.15) is 5.26 Å². The molecule has 0 bridgehead atoms. The van der Waals surface area contributed by atoms with Crippen LogP contribution < -0.4 is 14.8 Å². The largest absolute Gasteiger partial charge is 0.490 e. The number of carboxylic acid groups (broad SMARTS) is 1. The lowest BCUT2D eigenvalue weighted by Gasteiger charge is -2.17. The third kappa shape index (κ3) is 7.16. The Bertz CT molecular complexity index is 1430. The van der Waals surface area contributed by atoms with Crippen LogP contribution in [0.3, 0.4) is 0 Å². The molecule has 1 amide bonds. The van der Waals surface area contributed by atoms with Gasteiger partial charge >= 0.3 is 5.97 Å². The average Bonchev–Trinajstić information content (AvgIpc) is 2.90. The number of hydrogen-bond donors (Lipinski definition) is 2. The van der Waals surface area contributed by atoms with Crippen LogP contribution >= 0.6 is 23.2 Å². The molecule has 38 heavy (non-hydrogen) atoms. The maximum atomic E-state index is 12.8. The number of carbonyl (C=O) groups is 2. The third-order valence-corrected chi connectivity index (χ3v) is 6.10. The van der Waals surface area contributed by atoms with Gasteiger partial charge in [0.1, 0.15) is 18.2 Å². The van der Waals surface area contributed by atoms with E-state index in [2.05, 4.69) is 11.9 Å². The van der Waals surface area contributed by atoms with Crippen molar-refractivity contribution in [1.29, 1.82) is 5.26 Å². The van der Waals surface area contributed by atoms with E-state index < -0.39 is 11.9 Å². The number of amides is 1. The number of carbonyl (C=O) groups excluding carboxylic acids is 1. The molecule has 0 unspecified atom stereocenters. The zero-order chi connectivity index (χ0) is 27.7. The van der Waals surface area contributed by atoms with Crippen LogP contribution in [0, 0.1) is 11.3 Å². The van der Waals surface area contributed by atoms with E-state index in [1.54, 1.807) is 48.5 Å². The van der Waals surface area contributed by atoms with Crippen molar-refractivity contribution in [2.24, 2.45) is 0 Å². The van der Waals surface area contributed by atoms with Crippen LogP contribution in [0.4, 0.5) is 5.69 Å². The smallest absolute Gasteiger partial charge is 0.335 e. The number of nitriles is 1. The molecule has 3 aromatic rings. The molecule has 3 rings (SSSR count). The molecule has 0 aliphatic heterocycles. The molecule has 0 fully saturated rings. The van der Waals surface area contributed by atoms with Gasteiger partial charge in [-0.3, -0.25) is 4.79 Å². The average molecular weight is 551 g/mol. The summed E-state index contributed by atoms with van der Waals surface area (Å²) in [6.07, 6.45) is 3.57. The first-order valence-electron chi connectivity index (χ1n) is 11.5. The Morgan fingerprint density at radius 2 is 1.87 bits per heavy atom. The van der Waals surface area contributed by atoms with Crippen LogP contribution in [0.2, 0.25) is 10.0 Å². The van der Waals surface area contributed by atoms with Gasteiger partial charge in [0, 0.05) is 5.56 Å². The van der Waals surface area contributed by atoms with Gasteiger partial charge in [-0.25, -0.2) is 4.79 Å². The molecule has 2 N–H and O–H groups in total. The maximum Gasteiger partial charge on any atom is 0.335 e. The van der Waals surface area contributed by atoms with E-state index in [1.165, 1.54) is 18.2 Å². The van der Waals surface area contributed by atoms with Gasteiger partial charge in [-0.15, -0.1) is 6.58 Å². The highest BCUT2D eigenvalue weighted by atomic mass is 35.5. The van der Waals surface area contributed by atoms with Crippen LogP contribution in [-0.2, 0) is 17.8 Å². The summed E-state index contributed by atoms with van der Waals surface area (Å²) in [4.78, 5) is 23.9. The van der Waals surface area contributed by atoms with Crippen molar-refractivity contribution in [3.8, 4) is 17.6 Å². The first kappa shape index (κ1) is 28.3. The number of nitrogens with one attached hydrogen (secondary N) is 1. The lowest BCUT2D eigenvalue weighted by molar-refractivity contribution is -0.112. The van der Waals surface area contributed by atoms with Gasteiger partial charge in [0.2, 0.25) is 0 Å². The van der Waals surface area contributed by atoms with Crippen LogP contribution in [0.1, 0.15) is 34.0 Å². The van der Waals surface area contributed by atoms with Gasteiger partial charge < -0.3 is 19.9 Å². The molecular weight excluding hydrogens is 527 g/mol. The second-order valence-corrected chi connectivity index (χ2v) is 8.73. The summed E-state index contributed by atoms with van der Waals surface area (Å²) >= 11 is 12.2. The molecule has 7 nitrogen and oxygen atoms in total. The van der Waals surface area contributed by atoms with Gasteiger partial charge in [0.05, 0.1) is 27.9 Å². The Morgan fingerprint density at radius 1 is 1.13 bits per heavy atom. The number of ether oxygens (including phenoxy) is 2. The lowest BCUT2D eigenvalue weighted by Crippen LogP contribution is -2.13. The Morgan fingerprint density at radius 3 is 2.50 bits per heavy atom. The molecule has 0 aliphatic carbocycles. The molecule has 0 spiro atoms. The van der Waals surface area contributed by atoms with E-state index in [0.29, 0.717) is 30.1 Å². The minimum Gasteiger partial charge on any atom is -0.490 e. The molecule has 3 aromatic carbocycles. The quantitative estimate of drug-likeness (QED) is 0.152. The fourth-order valence-corrected chi connectivity index (χ4v) is 3.85. The number of carboxylic acids is 1. The molecule has 194 valence electrons. The SMILES string of the molecule is C=CCc1cc(/C=C(/C#N)C(=O)Nc2cccc(Cl)c2Cl)cc(OCC)c1OCc1ccc(C(=O)O)cc1. The van der Waals surface area contributed by atoms with Crippen LogP contribution in [0.25, 0.3) is 6.08 Å². The van der Waals surface area contributed by atoms with Crippen molar-refractivity contribution < 1.29 is 24.2 Å². The summed E-state index contributed by atoms with van der Waals surface area (Å²) in [5.74, 6) is -0.741. The molecule has 0 radical (unpaired) electrons. The Balaban J connectivity index is 1.92. The normalized spacial score (nSPS) is 10.8. The lowest BCUT2D eigenvalue weighted by atomic mass is 10.0. The minimum absolute atomic E-state index is 0.153. The summed E-state index contributed by atoms with van der Waals surface area (Å²) in [6.45, 7) is 6.16. The maximum absolute atomic E-state index is 12.8. The van der Waals surface area contributed by atoms with Gasteiger partial charge in [0.15, 0.2) is 11.5 Å². The van der Waals surface area contributed by atoms with Gasteiger partial charge in [-0.05, 0) is 66.9 Å². The van der Waals surface area contributed by atoms with Gasteiger partial charge in [0.25, 0.3) is 5.91 Å². The minimum atomic E-state index is -1.01. The molecule has 0 aromatic heterocycles. The van der Waals surface area contributed by atoms with E-state index >= 15 is 0 Å². The van der Waals surface area contributed by atoms with E-state index in [9.17, 15) is 14.9 Å². The van der Waals surface area contributed by atoms with E-state index in [0.717, 1.165) is 11.1 Å². The first-order chi connectivity index (χ1) is 18.3. The Kier molecular flexibility index (Phi) is 9.94. The van der Waals surface area contributed by atoms with Crippen molar-refractivity contribution in [3.05, 3.63) is 105 Å². The number of anilines is 1. The predicted octanol–water partition coefficient (Wildman–Crippen LogP) is 6.94. The number of benzene rings is 3. The van der Waals surface area contributed by atoms with Crippen LogP contribution in [0.15, 0.2) is 72.8 Å². The predicted molar refractivity (Wildman–Crippen MR) is 148 cm³/mol. The fraction of sp³-hybridized carbons (Fsp3) is 0.138. The summed E-state index contributed by atoms with van der Waals surface area (Å²) in [5, 5.41) is 21.8. The van der Waals surface area contributed by atoms with E-state index in [1.807, 2.05) is 13.0 Å². The molecule has 0 aliphatic rings. The number of allylic oxidation sites excluding steroid dienone is 1. The van der Waals surface area contributed by atoms with Crippen molar-refractivity contribution in [1.82, 2.24) is 0 Å². The summed E-state index contributed by atoms with van der Waals surface area (Å²) < 4.78 is 11.9. The van der Waals surface area contributed by atoms with Crippen LogP contribution in [-0.4, -0.2) is 23.6 Å². The topological polar surface area (TPSA) is 109 Å². The van der Waals surface area contributed by atoms with Crippen molar-refractivity contribution in [3.63, 3.8) is 0 Å². The molecule has 9 heteroatoms. The monoisotopic (exact) mass is 550 g/mol.